The fourth-order valence-corrected chi connectivity index (χ4v) is 3.60. The van der Waals surface area contributed by atoms with E-state index in [0.29, 0.717) is 36.6 Å². The van der Waals surface area contributed by atoms with Gasteiger partial charge in [-0.05, 0) is 48.9 Å². The Kier molecular flexibility index (Phi) is 7.20. The summed E-state index contributed by atoms with van der Waals surface area (Å²) < 4.78 is 36.8. The number of carbonyl (C=O) groups is 1. The molecule has 0 atom stereocenters. The van der Waals surface area contributed by atoms with Gasteiger partial charge in [-0.2, -0.15) is 0 Å². The lowest BCUT2D eigenvalue weighted by molar-refractivity contribution is 0.0948. The van der Waals surface area contributed by atoms with Crippen molar-refractivity contribution in [3.05, 3.63) is 54.1 Å². The van der Waals surface area contributed by atoms with Crippen molar-refractivity contribution >= 4 is 21.6 Å². The summed E-state index contributed by atoms with van der Waals surface area (Å²) >= 11 is 0. The molecule has 0 unspecified atom stereocenters. The summed E-state index contributed by atoms with van der Waals surface area (Å²) in [6.45, 7) is 1.04. The standard InChI is InChI=1S/C19H24N2O5S/c1-21(27(23,24)18-10-8-17(26-3)9-11-18)16-7-4-6-15(14-16)19(22)20-12-5-13-25-2/h4,6-11,14H,5,12-13H2,1-3H3,(H,20,22). The topological polar surface area (TPSA) is 84.9 Å². The zero-order chi connectivity index (χ0) is 19.9. The van der Waals surface area contributed by atoms with Crippen LogP contribution in [0.3, 0.4) is 0 Å². The Morgan fingerprint density at radius 1 is 1.11 bits per heavy atom. The predicted octanol–water partition coefficient (Wildman–Crippen LogP) is 2.29. The van der Waals surface area contributed by atoms with Crippen LogP contribution in [0.25, 0.3) is 0 Å². The first-order chi connectivity index (χ1) is 12.9. The third-order valence-electron chi connectivity index (χ3n) is 4.00. The lowest BCUT2D eigenvalue weighted by Crippen LogP contribution is -2.28. The number of anilines is 1. The van der Waals surface area contributed by atoms with Gasteiger partial charge in [0, 0.05) is 32.9 Å². The Morgan fingerprint density at radius 3 is 2.44 bits per heavy atom. The molecule has 0 radical (unpaired) electrons. The monoisotopic (exact) mass is 392 g/mol. The number of benzene rings is 2. The number of nitrogens with one attached hydrogen (secondary N) is 1. The number of carbonyl (C=O) groups excluding carboxylic acids is 1. The molecule has 8 heteroatoms. The zero-order valence-corrected chi connectivity index (χ0v) is 16.5. The second-order valence-electron chi connectivity index (χ2n) is 5.80. The molecule has 27 heavy (non-hydrogen) atoms. The second kappa shape index (κ2) is 9.38. The Labute approximate surface area is 160 Å². The van der Waals surface area contributed by atoms with Crippen LogP contribution in [0.5, 0.6) is 5.75 Å². The van der Waals surface area contributed by atoms with E-state index in [1.165, 1.54) is 26.3 Å². The normalized spacial score (nSPS) is 11.1. The summed E-state index contributed by atoms with van der Waals surface area (Å²) in [5.41, 5.74) is 0.789. The van der Waals surface area contributed by atoms with Crippen molar-refractivity contribution in [2.75, 3.05) is 38.7 Å². The molecule has 2 rings (SSSR count). The van der Waals surface area contributed by atoms with Gasteiger partial charge >= 0.3 is 0 Å². The van der Waals surface area contributed by atoms with Crippen LogP contribution in [-0.2, 0) is 14.8 Å². The number of sulfonamides is 1. The number of rotatable bonds is 9. The highest BCUT2D eigenvalue weighted by Gasteiger charge is 2.22. The molecule has 0 aliphatic rings. The van der Waals surface area contributed by atoms with Gasteiger partial charge in [-0.1, -0.05) is 6.07 Å². The lowest BCUT2D eigenvalue weighted by atomic mass is 10.2. The minimum absolute atomic E-state index is 0.139. The fourth-order valence-electron chi connectivity index (χ4n) is 2.41. The van der Waals surface area contributed by atoms with E-state index >= 15 is 0 Å². The number of ether oxygens (including phenoxy) is 2. The molecule has 1 N–H and O–H groups in total. The van der Waals surface area contributed by atoms with Crippen molar-refractivity contribution in [1.82, 2.24) is 5.32 Å². The molecule has 0 saturated heterocycles. The van der Waals surface area contributed by atoms with E-state index in [4.69, 9.17) is 9.47 Å². The molecule has 0 spiro atoms. The van der Waals surface area contributed by atoms with Gasteiger partial charge in [-0.3, -0.25) is 9.10 Å². The third kappa shape index (κ3) is 5.21. The van der Waals surface area contributed by atoms with Crippen LogP contribution < -0.4 is 14.4 Å². The summed E-state index contributed by atoms with van der Waals surface area (Å²) in [6, 6.07) is 12.6. The van der Waals surface area contributed by atoms with E-state index in [1.54, 1.807) is 43.5 Å². The number of hydrogen-bond donors (Lipinski definition) is 1. The summed E-state index contributed by atoms with van der Waals surface area (Å²) in [4.78, 5) is 12.4. The third-order valence-corrected chi connectivity index (χ3v) is 5.80. The molecule has 0 aromatic heterocycles. The molecule has 7 nitrogen and oxygen atoms in total. The van der Waals surface area contributed by atoms with Crippen LogP contribution in [0.2, 0.25) is 0 Å². The molecular weight excluding hydrogens is 368 g/mol. The van der Waals surface area contributed by atoms with Crippen LogP contribution in [0.1, 0.15) is 16.8 Å². The van der Waals surface area contributed by atoms with E-state index in [0.717, 1.165) is 4.31 Å². The van der Waals surface area contributed by atoms with Crippen molar-refractivity contribution in [1.29, 1.82) is 0 Å². The molecule has 1 amide bonds. The van der Waals surface area contributed by atoms with Gasteiger partial charge < -0.3 is 14.8 Å². The van der Waals surface area contributed by atoms with E-state index in [-0.39, 0.29) is 10.8 Å². The van der Waals surface area contributed by atoms with Gasteiger partial charge in [0.25, 0.3) is 15.9 Å². The first-order valence-corrected chi connectivity index (χ1v) is 9.84. The van der Waals surface area contributed by atoms with Crippen molar-refractivity contribution < 1.29 is 22.7 Å². The summed E-state index contributed by atoms with van der Waals surface area (Å²) in [7, 11) is 0.816. The fraction of sp³-hybridized carbons (Fsp3) is 0.316. The summed E-state index contributed by atoms with van der Waals surface area (Å²) in [5.74, 6) is 0.312. The van der Waals surface area contributed by atoms with Crippen molar-refractivity contribution in [2.45, 2.75) is 11.3 Å². The second-order valence-corrected chi connectivity index (χ2v) is 7.77. The van der Waals surface area contributed by atoms with Crippen molar-refractivity contribution in [2.24, 2.45) is 0 Å². The van der Waals surface area contributed by atoms with E-state index in [9.17, 15) is 13.2 Å². The Morgan fingerprint density at radius 2 is 1.81 bits per heavy atom. The number of hydrogen-bond acceptors (Lipinski definition) is 5. The highest BCUT2D eigenvalue weighted by Crippen LogP contribution is 2.24. The minimum Gasteiger partial charge on any atom is -0.497 e. The molecule has 0 saturated carbocycles. The highest BCUT2D eigenvalue weighted by atomic mass is 32.2. The quantitative estimate of drug-likeness (QED) is 0.662. The maximum absolute atomic E-state index is 12.8. The van der Waals surface area contributed by atoms with Crippen LogP contribution in [-0.4, -0.2) is 48.7 Å². The molecule has 0 bridgehead atoms. The van der Waals surface area contributed by atoms with Crippen LogP contribution >= 0.6 is 0 Å². The van der Waals surface area contributed by atoms with Crippen LogP contribution in [0.4, 0.5) is 5.69 Å². The molecule has 0 heterocycles. The number of methoxy groups -OCH3 is 2. The largest absolute Gasteiger partial charge is 0.497 e. The number of nitrogens with zero attached hydrogens (tertiary/aromatic N) is 1. The maximum Gasteiger partial charge on any atom is 0.264 e. The molecule has 146 valence electrons. The van der Waals surface area contributed by atoms with Gasteiger partial charge in [0.2, 0.25) is 0 Å². The smallest absolute Gasteiger partial charge is 0.264 e. The predicted molar refractivity (Wildman–Crippen MR) is 104 cm³/mol. The molecule has 2 aromatic carbocycles. The molecule has 0 aliphatic carbocycles. The van der Waals surface area contributed by atoms with E-state index in [1.807, 2.05) is 0 Å². The first-order valence-electron chi connectivity index (χ1n) is 8.40. The van der Waals surface area contributed by atoms with Gasteiger partial charge in [-0.15, -0.1) is 0 Å². The molecule has 0 aliphatic heterocycles. The van der Waals surface area contributed by atoms with E-state index < -0.39 is 10.0 Å². The summed E-state index contributed by atoms with van der Waals surface area (Å²) in [5, 5.41) is 2.78. The van der Waals surface area contributed by atoms with Gasteiger partial charge in [0.1, 0.15) is 5.75 Å². The molecule has 0 fully saturated rings. The van der Waals surface area contributed by atoms with Crippen molar-refractivity contribution in [3.8, 4) is 5.75 Å². The van der Waals surface area contributed by atoms with Gasteiger partial charge in [0.15, 0.2) is 0 Å². The lowest BCUT2D eigenvalue weighted by Gasteiger charge is -2.20. The number of amides is 1. The highest BCUT2D eigenvalue weighted by molar-refractivity contribution is 7.92. The minimum atomic E-state index is -3.75. The zero-order valence-electron chi connectivity index (χ0n) is 15.6. The first kappa shape index (κ1) is 20.7. The SMILES string of the molecule is COCCCNC(=O)c1cccc(N(C)S(=O)(=O)c2ccc(OC)cc2)c1. The van der Waals surface area contributed by atoms with Crippen LogP contribution in [0, 0.1) is 0 Å². The Balaban J connectivity index is 2.17. The Hall–Kier alpha value is -2.58. The van der Waals surface area contributed by atoms with Gasteiger partial charge in [-0.25, -0.2) is 8.42 Å². The van der Waals surface area contributed by atoms with Gasteiger partial charge in [0.05, 0.1) is 17.7 Å². The summed E-state index contributed by atoms with van der Waals surface area (Å²) in [6.07, 6.45) is 0.702. The van der Waals surface area contributed by atoms with E-state index in [2.05, 4.69) is 5.32 Å². The molecular formula is C19H24N2O5S. The average Bonchev–Trinajstić information content (AvgIpc) is 2.70. The van der Waals surface area contributed by atoms with Crippen LogP contribution in [0.15, 0.2) is 53.4 Å². The average molecular weight is 392 g/mol. The van der Waals surface area contributed by atoms with Crippen molar-refractivity contribution in [3.63, 3.8) is 0 Å². The maximum atomic E-state index is 12.8. The molecule has 2 aromatic rings. The Bertz CT molecular complexity index is 866.